The van der Waals surface area contributed by atoms with E-state index in [2.05, 4.69) is 11.9 Å². The van der Waals surface area contributed by atoms with E-state index in [-0.39, 0.29) is 11.1 Å². The second-order valence-corrected chi connectivity index (χ2v) is 8.71. The lowest BCUT2D eigenvalue weighted by molar-refractivity contribution is 0.808. The van der Waals surface area contributed by atoms with E-state index in [4.69, 9.17) is 4.98 Å². The molecule has 0 atom stereocenters. The minimum absolute atomic E-state index is 0.105. The molecule has 5 rings (SSSR count). The molecule has 3 aromatic heterocycles. The number of pyridine rings is 1. The molecule has 0 fully saturated rings. The van der Waals surface area contributed by atoms with Crippen molar-refractivity contribution < 1.29 is 0 Å². The van der Waals surface area contributed by atoms with Gasteiger partial charge in [0.15, 0.2) is 5.16 Å². The Labute approximate surface area is 194 Å². The summed E-state index contributed by atoms with van der Waals surface area (Å²) >= 11 is 1.41. The molecule has 0 saturated heterocycles. The Hall–Kier alpha value is -3.71. The molecule has 0 radical (unpaired) electrons. The Balaban J connectivity index is 1.63. The van der Waals surface area contributed by atoms with E-state index in [1.165, 1.54) is 11.8 Å². The molecule has 7 heteroatoms. The Bertz CT molecular complexity index is 1620. The first-order chi connectivity index (χ1) is 16.1. The van der Waals surface area contributed by atoms with Gasteiger partial charge in [-0.15, -0.1) is 0 Å². The summed E-state index contributed by atoms with van der Waals surface area (Å²) in [7, 11) is 0. The van der Waals surface area contributed by atoms with Crippen molar-refractivity contribution in [2.24, 2.45) is 0 Å². The normalized spacial score (nSPS) is 11.3. The molecular formula is C26H22N4O2S. The highest BCUT2D eigenvalue weighted by atomic mass is 32.2. The Morgan fingerprint density at radius 1 is 0.909 bits per heavy atom. The van der Waals surface area contributed by atoms with Crippen molar-refractivity contribution in [1.82, 2.24) is 18.9 Å². The van der Waals surface area contributed by atoms with Crippen molar-refractivity contribution in [2.75, 3.05) is 0 Å². The fourth-order valence-corrected chi connectivity index (χ4v) is 4.92. The van der Waals surface area contributed by atoms with Crippen LogP contribution in [-0.2, 0) is 12.2 Å². The lowest BCUT2D eigenvalue weighted by Gasteiger charge is -2.16. The van der Waals surface area contributed by atoms with Crippen LogP contribution in [0.3, 0.4) is 0 Å². The Morgan fingerprint density at radius 3 is 2.55 bits per heavy atom. The SMILES string of the molecule is CCc1ccccc1-n1c(SCc2cc(=O)n3c(C)cccc3n2)nc2ccccc2c1=O. The first-order valence-electron chi connectivity index (χ1n) is 10.8. The summed E-state index contributed by atoms with van der Waals surface area (Å²) in [6, 6.07) is 22.4. The molecule has 3 heterocycles. The summed E-state index contributed by atoms with van der Waals surface area (Å²) < 4.78 is 3.28. The van der Waals surface area contributed by atoms with Gasteiger partial charge in [0.1, 0.15) is 5.65 Å². The predicted octanol–water partition coefficient (Wildman–Crippen LogP) is 4.56. The number of fused-ring (bicyclic) bond motifs is 2. The molecule has 0 saturated carbocycles. The third-order valence-electron chi connectivity index (χ3n) is 5.64. The summed E-state index contributed by atoms with van der Waals surface area (Å²) in [5, 5.41) is 1.15. The van der Waals surface area contributed by atoms with E-state index in [1.807, 2.05) is 67.6 Å². The number of aromatic nitrogens is 4. The maximum Gasteiger partial charge on any atom is 0.266 e. The van der Waals surface area contributed by atoms with Gasteiger partial charge in [-0.1, -0.05) is 55.1 Å². The van der Waals surface area contributed by atoms with Crippen LogP contribution in [0.5, 0.6) is 0 Å². The summed E-state index contributed by atoms with van der Waals surface area (Å²) in [5.74, 6) is 0.415. The predicted molar refractivity (Wildman–Crippen MR) is 132 cm³/mol. The fraction of sp³-hybridized carbons (Fsp3) is 0.154. The molecule has 6 nitrogen and oxygen atoms in total. The van der Waals surface area contributed by atoms with Crippen molar-refractivity contribution in [3.63, 3.8) is 0 Å². The van der Waals surface area contributed by atoms with Crippen LogP contribution in [0.25, 0.3) is 22.2 Å². The van der Waals surface area contributed by atoms with Crippen LogP contribution < -0.4 is 11.1 Å². The Morgan fingerprint density at radius 2 is 1.70 bits per heavy atom. The molecule has 33 heavy (non-hydrogen) atoms. The fourth-order valence-electron chi connectivity index (χ4n) is 4.03. The van der Waals surface area contributed by atoms with Gasteiger partial charge < -0.3 is 0 Å². The zero-order valence-electron chi connectivity index (χ0n) is 18.4. The van der Waals surface area contributed by atoms with Gasteiger partial charge in [0, 0.05) is 17.5 Å². The molecular weight excluding hydrogens is 432 g/mol. The van der Waals surface area contributed by atoms with Gasteiger partial charge in [-0.05, 0) is 49.2 Å². The average molecular weight is 455 g/mol. The quantitative estimate of drug-likeness (QED) is 0.288. The third kappa shape index (κ3) is 3.85. The average Bonchev–Trinajstić information content (AvgIpc) is 2.83. The second kappa shape index (κ2) is 8.67. The van der Waals surface area contributed by atoms with Gasteiger partial charge in [0.25, 0.3) is 11.1 Å². The lowest BCUT2D eigenvalue weighted by Crippen LogP contribution is -2.23. The number of para-hydroxylation sites is 2. The van der Waals surface area contributed by atoms with Gasteiger partial charge in [0.05, 0.1) is 22.3 Å². The van der Waals surface area contributed by atoms with E-state index in [0.717, 1.165) is 23.4 Å². The van der Waals surface area contributed by atoms with Crippen molar-refractivity contribution in [2.45, 2.75) is 31.2 Å². The van der Waals surface area contributed by atoms with Crippen molar-refractivity contribution in [3.05, 3.63) is 110 Å². The highest BCUT2D eigenvalue weighted by molar-refractivity contribution is 7.98. The van der Waals surface area contributed by atoms with Crippen LogP contribution in [0.15, 0.2) is 87.5 Å². The van der Waals surface area contributed by atoms with E-state index in [1.54, 1.807) is 21.1 Å². The van der Waals surface area contributed by atoms with Crippen molar-refractivity contribution in [3.8, 4) is 5.69 Å². The maximum atomic E-state index is 13.5. The highest BCUT2D eigenvalue weighted by Gasteiger charge is 2.16. The molecule has 0 N–H and O–H groups in total. The van der Waals surface area contributed by atoms with Crippen LogP contribution in [0.2, 0.25) is 0 Å². The number of aryl methyl sites for hydroxylation is 2. The lowest BCUT2D eigenvalue weighted by atomic mass is 10.1. The molecule has 0 spiro atoms. The van der Waals surface area contributed by atoms with Crippen LogP contribution >= 0.6 is 11.8 Å². The summed E-state index contributed by atoms with van der Waals surface area (Å²) in [6.45, 7) is 3.95. The highest BCUT2D eigenvalue weighted by Crippen LogP contribution is 2.25. The number of benzene rings is 2. The Kier molecular flexibility index (Phi) is 5.56. The van der Waals surface area contributed by atoms with Gasteiger partial charge in [-0.25, -0.2) is 9.97 Å². The zero-order valence-corrected chi connectivity index (χ0v) is 19.2. The molecule has 164 valence electrons. The van der Waals surface area contributed by atoms with Gasteiger partial charge in [-0.3, -0.25) is 18.6 Å². The van der Waals surface area contributed by atoms with Crippen LogP contribution in [0.1, 0.15) is 23.9 Å². The third-order valence-corrected chi connectivity index (χ3v) is 6.61. The number of hydrogen-bond donors (Lipinski definition) is 0. The summed E-state index contributed by atoms with van der Waals surface area (Å²) in [4.78, 5) is 35.7. The van der Waals surface area contributed by atoms with E-state index < -0.39 is 0 Å². The first-order valence-corrected chi connectivity index (χ1v) is 11.8. The summed E-state index contributed by atoms with van der Waals surface area (Å²) in [5.41, 5.74) is 4.42. The topological polar surface area (TPSA) is 69.3 Å². The minimum atomic E-state index is -0.117. The molecule has 0 aliphatic rings. The zero-order chi connectivity index (χ0) is 22.9. The molecule has 0 bridgehead atoms. The number of hydrogen-bond acceptors (Lipinski definition) is 5. The largest absolute Gasteiger partial charge is 0.269 e. The molecule has 2 aromatic carbocycles. The van der Waals surface area contributed by atoms with Gasteiger partial charge in [0.2, 0.25) is 0 Å². The molecule has 0 aliphatic carbocycles. The van der Waals surface area contributed by atoms with E-state index in [9.17, 15) is 9.59 Å². The molecule has 0 unspecified atom stereocenters. The van der Waals surface area contributed by atoms with Crippen molar-refractivity contribution in [1.29, 1.82) is 0 Å². The maximum absolute atomic E-state index is 13.5. The van der Waals surface area contributed by atoms with E-state index in [0.29, 0.717) is 33.2 Å². The van der Waals surface area contributed by atoms with Crippen LogP contribution in [0.4, 0.5) is 0 Å². The molecule has 0 aliphatic heterocycles. The molecule has 5 aromatic rings. The smallest absolute Gasteiger partial charge is 0.266 e. The van der Waals surface area contributed by atoms with Gasteiger partial charge in [-0.2, -0.15) is 0 Å². The first kappa shape index (κ1) is 21.2. The van der Waals surface area contributed by atoms with E-state index >= 15 is 0 Å². The summed E-state index contributed by atoms with van der Waals surface area (Å²) in [6.07, 6.45) is 0.794. The number of rotatable bonds is 5. The number of nitrogens with zero attached hydrogens (tertiary/aromatic N) is 4. The van der Waals surface area contributed by atoms with Crippen LogP contribution in [0, 0.1) is 6.92 Å². The van der Waals surface area contributed by atoms with Crippen LogP contribution in [-0.4, -0.2) is 18.9 Å². The van der Waals surface area contributed by atoms with Gasteiger partial charge >= 0.3 is 0 Å². The standard InChI is InChI=1S/C26H22N4O2S/c1-3-18-10-4-7-13-22(18)30-25(32)20-11-5-6-12-21(20)28-26(30)33-16-19-15-24(31)29-17(2)9-8-14-23(29)27-19/h4-15H,3,16H2,1-2H3. The minimum Gasteiger partial charge on any atom is -0.269 e. The van der Waals surface area contributed by atoms with Crippen molar-refractivity contribution >= 4 is 28.3 Å². The molecule has 0 amide bonds. The monoisotopic (exact) mass is 454 g/mol. The second-order valence-electron chi connectivity index (χ2n) is 7.77. The number of thioether (sulfide) groups is 1.